The van der Waals surface area contributed by atoms with Gasteiger partial charge >= 0.3 is 5.97 Å². The Bertz CT molecular complexity index is 990. The molecular weight excluding hydrogens is 443 g/mol. The SMILES string of the molecule is C/C=C1\NC(=O)c2cc(F)cc(n2)CNC(=O)C[C@@H](/C=C/CCC)OC(=O)[C@H](C(C)C)NC1=O. The van der Waals surface area contributed by atoms with E-state index in [1.165, 1.54) is 13.0 Å². The Hall–Kier alpha value is -3.56. The van der Waals surface area contributed by atoms with E-state index >= 15 is 0 Å². The molecule has 1 aliphatic rings. The minimum absolute atomic E-state index is 0.118. The molecule has 2 heterocycles. The molecule has 1 aromatic rings. The van der Waals surface area contributed by atoms with Crippen molar-refractivity contribution in [1.29, 1.82) is 0 Å². The predicted molar refractivity (Wildman–Crippen MR) is 123 cm³/mol. The summed E-state index contributed by atoms with van der Waals surface area (Å²) >= 11 is 0. The van der Waals surface area contributed by atoms with Crippen molar-refractivity contribution in [2.45, 2.75) is 65.6 Å². The number of aromatic nitrogens is 1. The number of rotatable bonds is 4. The molecule has 0 fully saturated rings. The van der Waals surface area contributed by atoms with Gasteiger partial charge in [-0.05, 0) is 31.4 Å². The summed E-state index contributed by atoms with van der Waals surface area (Å²) in [5.74, 6) is -3.75. The molecule has 2 bridgehead atoms. The van der Waals surface area contributed by atoms with Gasteiger partial charge in [0, 0.05) is 6.07 Å². The zero-order valence-corrected chi connectivity index (χ0v) is 19.8. The highest BCUT2D eigenvalue weighted by Crippen LogP contribution is 2.12. The van der Waals surface area contributed by atoms with Crippen molar-refractivity contribution in [3.8, 4) is 0 Å². The van der Waals surface area contributed by atoms with Crippen LogP contribution in [0, 0.1) is 11.7 Å². The van der Waals surface area contributed by atoms with Crippen molar-refractivity contribution >= 4 is 23.7 Å². The summed E-state index contributed by atoms with van der Waals surface area (Å²) in [6, 6.07) is 0.990. The molecule has 0 saturated carbocycles. The third-order valence-electron chi connectivity index (χ3n) is 4.99. The molecule has 34 heavy (non-hydrogen) atoms. The van der Waals surface area contributed by atoms with Crippen LogP contribution in [0.5, 0.6) is 0 Å². The molecule has 10 heteroatoms. The van der Waals surface area contributed by atoms with Crippen molar-refractivity contribution in [2.75, 3.05) is 0 Å². The Balaban J connectivity index is 2.44. The highest BCUT2D eigenvalue weighted by Gasteiger charge is 2.30. The lowest BCUT2D eigenvalue weighted by Crippen LogP contribution is -2.48. The molecule has 0 aliphatic carbocycles. The third kappa shape index (κ3) is 7.79. The first kappa shape index (κ1) is 26.7. The zero-order valence-electron chi connectivity index (χ0n) is 19.8. The average Bonchev–Trinajstić information content (AvgIpc) is 2.78. The number of halogens is 1. The first-order chi connectivity index (χ1) is 16.1. The van der Waals surface area contributed by atoms with E-state index in [-0.39, 0.29) is 36.0 Å². The van der Waals surface area contributed by atoms with Crippen molar-refractivity contribution in [2.24, 2.45) is 5.92 Å². The average molecular weight is 475 g/mol. The normalized spacial score (nSPS) is 21.9. The number of ether oxygens (including phenoxy) is 1. The second-order valence-electron chi connectivity index (χ2n) is 8.19. The maximum absolute atomic E-state index is 14.1. The quantitative estimate of drug-likeness (QED) is 0.349. The molecule has 3 N–H and O–H groups in total. The van der Waals surface area contributed by atoms with Gasteiger partial charge in [0.25, 0.3) is 11.8 Å². The van der Waals surface area contributed by atoms with Gasteiger partial charge in [0.1, 0.15) is 29.4 Å². The molecule has 9 nitrogen and oxygen atoms in total. The van der Waals surface area contributed by atoms with Crippen LogP contribution in [0.25, 0.3) is 0 Å². The predicted octanol–water partition coefficient (Wildman–Crippen LogP) is 2.28. The van der Waals surface area contributed by atoms with Crippen molar-refractivity contribution in [1.82, 2.24) is 20.9 Å². The number of esters is 1. The number of carbonyl (C=O) groups excluding carboxylic acids is 4. The number of allylic oxidation sites excluding steroid dienone is 2. The fourth-order valence-electron chi connectivity index (χ4n) is 3.15. The summed E-state index contributed by atoms with van der Waals surface area (Å²) in [6.07, 6.45) is 5.39. The number of amides is 3. The lowest BCUT2D eigenvalue weighted by molar-refractivity contribution is -0.153. The van der Waals surface area contributed by atoms with Crippen LogP contribution in [0.15, 0.2) is 36.1 Å². The molecule has 0 radical (unpaired) electrons. The molecule has 0 aromatic carbocycles. The number of pyridine rings is 1. The number of fused-ring (bicyclic) bond motifs is 2. The second kappa shape index (κ2) is 12.6. The minimum Gasteiger partial charge on any atom is -0.456 e. The van der Waals surface area contributed by atoms with E-state index in [9.17, 15) is 23.6 Å². The molecule has 184 valence electrons. The number of cyclic esters (lactones) is 1. The van der Waals surface area contributed by atoms with E-state index in [0.717, 1.165) is 25.0 Å². The lowest BCUT2D eigenvalue weighted by Gasteiger charge is -2.24. The molecule has 3 amide bonds. The Labute approximate surface area is 198 Å². The van der Waals surface area contributed by atoms with Crippen LogP contribution in [-0.2, 0) is 25.7 Å². The molecule has 0 saturated heterocycles. The van der Waals surface area contributed by atoms with Gasteiger partial charge in [0.05, 0.1) is 18.7 Å². The molecule has 0 spiro atoms. The van der Waals surface area contributed by atoms with Gasteiger partial charge in [-0.3, -0.25) is 14.4 Å². The molecule has 0 unspecified atom stereocenters. The van der Waals surface area contributed by atoms with E-state index in [4.69, 9.17) is 4.74 Å². The van der Waals surface area contributed by atoms with Crippen LogP contribution in [0.1, 0.15) is 63.1 Å². The Morgan fingerprint density at radius 1 is 1.21 bits per heavy atom. The topological polar surface area (TPSA) is 126 Å². The summed E-state index contributed by atoms with van der Waals surface area (Å²) < 4.78 is 19.7. The number of nitrogens with one attached hydrogen (secondary N) is 3. The van der Waals surface area contributed by atoms with E-state index in [2.05, 4.69) is 20.9 Å². The van der Waals surface area contributed by atoms with Gasteiger partial charge < -0.3 is 20.7 Å². The Morgan fingerprint density at radius 3 is 2.59 bits per heavy atom. The van der Waals surface area contributed by atoms with Gasteiger partial charge in [-0.2, -0.15) is 0 Å². The van der Waals surface area contributed by atoms with Crippen LogP contribution in [-0.4, -0.2) is 40.8 Å². The fourth-order valence-corrected chi connectivity index (χ4v) is 3.15. The number of unbranched alkanes of at least 4 members (excludes halogenated alkanes) is 1. The summed E-state index contributed by atoms with van der Waals surface area (Å²) in [5, 5.41) is 7.57. The summed E-state index contributed by atoms with van der Waals surface area (Å²) in [4.78, 5) is 54.9. The minimum atomic E-state index is -1.03. The molecule has 1 aliphatic heterocycles. The van der Waals surface area contributed by atoms with E-state index in [1.54, 1.807) is 19.9 Å². The maximum Gasteiger partial charge on any atom is 0.329 e. The van der Waals surface area contributed by atoms with Gasteiger partial charge in [-0.25, -0.2) is 14.2 Å². The standard InChI is InChI=1S/C24H31FN4O5/c1-5-7-8-9-17-12-20(30)26-13-16-10-15(25)11-19(27-16)23(32)28-18(6-2)22(31)29-21(14(3)4)24(33)34-17/h6,8-11,14,17,21H,5,7,12-13H2,1-4H3,(H,26,30)(H,28,32)(H,29,31)/b9-8+,18-6-/t17-,21+/m1/s1. The third-order valence-corrected chi connectivity index (χ3v) is 4.99. The Morgan fingerprint density at radius 2 is 1.94 bits per heavy atom. The van der Waals surface area contributed by atoms with Crippen molar-refractivity contribution in [3.05, 3.63) is 53.3 Å². The highest BCUT2D eigenvalue weighted by molar-refractivity contribution is 6.03. The maximum atomic E-state index is 14.1. The van der Waals surface area contributed by atoms with Gasteiger partial charge in [-0.1, -0.05) is 39.3 Å². The van der Waals surface area contributed by atoms with Crippen LogP contribution < -0.4 is 16.0 Å². The van der Waals surface area contributed by atoms with E-state index < -0.39 is 41.7 Å². The Kier molecular flexibility index (Phi) is 9.91. The van der Waals surface area contributed by atoms with Crippen molar-refractivity contribution in [3.63, 3.8) is 0 Å². The monoisotopic (exact) mass is 474 g/mol. The highest BCUT2D eigenvalue weighted by atomic mass is 19.1. The molecule has 2 rings (SSSR count). The van der Waals surface area contributed by atoms with Gasteiger partial charge in [-0.15, -0.1) is 0 Å². The van der Waals surface area contributed by atoms with Crippen LogP contribution >= 0.6 is 0 Å². The number of nitrogens with zero attached hydrogens (tertiary/aromatic N) is 1. The summed E-state index contributed by atoms with van der Waals surface area (Å²) in [5.41, 5.74) is -0.272. The van der Waals surface area contributed by atoms with Crippen LogP contribution in [0.4, 0.5) is 4.39 Å². The largest absolute Gasteiger partial charge is 0.456 e. The van der Waals surface area contributed by atoms with Crippen molar-refractivity contribution < 1.29 is 28.3 Å². The van der Waals surface area contributed by atoms with E-state index in [1.807, 2.05) is 13.0 Å². The summed E-state index contributed by atoms with van der Waals surface area (Å²) in [6.45, 7) is 6.84. The molecule has 1 aromatic heterocycles. The number of carbonyl (C=O) groups is 4. The number of hydrogen-bond donors (Lipinski definition) is 3. The molecular formula is C24H31FN4O5. The van der Waals surface area contributed by atoms with E-state index in [0.29, 0.717) is 0 Å². The first-order valence-corrected chi connectivity index (χ1v) is 11.2. The zero-order chi connectivity index (χ0) is 25.3. The van der Waals surface area contributed by atoms with Crippen LogP contribution in [0.2, 0.25) is 0 Å². The van der Waals surface area contributed by atoms with Gasteiger partial charge in [0.15, 0.2) is 0 Å². The second-order valence-corrected chi connectivity index (χ2v) is 8.19. The van der Waals surface area contributed by atoms with Crippen LogP contribution in [0.3, 0.4) is 0 Å². The summed E-state index contributed by atoms with van der Waals surface area (Å²) in [7, 11) is 0. The van der Waals surface area contributed by atoms with Gasteiger partial charge in [0.2, 0.25) is 5.91 Å². The molecule has 2 atom stereocenters. The number of hydrogen-bond acceptors (Lipinski definition) is 6. The lowest BCUT2D eigenvalue weighted by atomic mass is 10.0. The smallest absolute Gasteiger partial charge is 0.329 e. The first-order valence-electron chi connectivity index (χ1n) is 11.2. The fraction of sp³-hybridized carbons (Fsp3) is 0.458.